The summed E-state index contributed by atoms with van der Waals surface area (Å²) in [5, 5.41) is 20.6. The van der Waals surface area contributed by atoms with Crippen molar-refractivity contribution < 1.29 is 75.8 Å². The summed E-state index contributed by atoms with van der Waals surface area (Å²) in [6, 6.07) is 0. The van der Waals surface area contributed by atoms with Crippen molar-refractivity contribution in [3.8, 4) is 0 Å². The SMILES string of the molecule is CC/C=C\C/C=C\C/C=C\C/C=C\C/C=C\C/C=C\CCCCCCCCCCCCCCC(=O)OCC(O)COP(=O)(O)OCC(O)COP(=O)(O)OCC(COC(=O)CCCCCCCC/C=C\C/C=C\C/C=C\C/C=C\CC)OC(=O)CCCCCCCCCCCCC. The maximum atomic E-state index is 12.9. The van der Waals surface area contributed by atoms with E-state index >= 15 is 0 Å². The minimum atomic E-state index is -4.93. The van der Waals surface area contributed by atoms with Gasteiger partial charge in [0.1, 0.15) is 25.4 Å². The number of phosphoric ester groups is 2. The first kappa shape index (κ1) is 93.0. The number of hydrogen-bond donors (Lipinski definition) is 4. The summed E-state index contributed by atoms with van der Waals surface area (Å²) in [5.41, 5.74) is 0. The highest BCUT2D eigenvalue weighted by Crippen LogP contribution is 2.45. The van der Waals surface area contributed by atoms with Crippen molar-refractivity contribution in [3.05, 3.63) is 122 Å². The Morgan fingerprint density at radius 3 is 0.866 bits per heavy atom. The minimum Gasteiger partial charge on any atom is -0.463 e. The Bertz CT molecular complexity index is 2250. The Labute approximate surface area is 589 Å². The quantitative estimate of drug-likeness (QED) is 0.0146. The predicted molar refractivity (Wildman–Crippen MR) is 399 cm³/mol. The van der Waals surface area contributed by atoms with Gasteiger partial charge in [-0.2, -0.15) is 0 Å². The maximum Gasteiger partial charge on any atom is 0.472 e. The van der Waals surface area contributed by atoms with Gasteiger partial charge in [-0.1, -0.05) is 296 Å². The van der Waals surface area contributed by atoms with Gasteiger partial charge >= 0.3 is 33.6 Å². The molecule has 0 aromatic carbocycles. The maximum absolute atomic E-state index is 12.9. The molecule has 5 atom stereocenters. The van der Waals surface area contributed by atoms with Gasteiger partial charge in [0.2, 0.25) is 0 Å². The number of phosphoric acid groups is 2. The largest absolute Gasteiger partial charge is 0.472 e. The summed E-state index contributed by atoms with van der Waals surface area (Å²) >= 11 is 0. The van der Waals surface area contributed by atoms with Crippen LogP contribution in [0.25, 0.3) is 0 Å². The number of rotatable bonds is 71. The molecule has 0 aromatic heterocycles. The lowest BCUT2D eigenvalue weighted by molar-refractivity contribution is -0.161. The van der Waals surface area contributed by atoms with Crippen molar-refractivity contribution >= 4 is 33.6 Å². The molecule has 0 bridgehead atoms. The van der Waals surface area contributed by atoms with E-state index in [9.17, 15) is 43.5 Å². The minimum absolute atomic E-state index is 0.103. The Hall–Kier alpha value is -4.05. The van der Waals surface area contributed by atoms with Crippen molar-refractivity contribution in [2.24, 2.45) is 0 Å². The topological polar surface area (TPSA) is 231 Å². The fraction of sp³-hybridized carbons (Fsp3) is 0.709. The second kappa shape index (κ2) is 71.8. The summed E-state index contributed by atoms with van der Waals surface area (Å²) in [4.78, 5) is 58.4. The predicted octanol–water partition coefficient (Wildman–Crippen LogP) is 21.8. The van der Waals surface area contributed by atoms with Gasteiger partial charge in [0.25, 0.3) is 0 Å². The third kappa shape index (κ3) is 73.0. The van der Waals surface area contributed by atoms with Crippen LogP contribution in [-0.4, -0.2) is 95.9 Å². The fourth-order valence-electron chi connectivity index (χ4n) is 9.98. The molecule has 0 saturated carbocycles. The monoisotopic (exact) mass is 1400 g/mol. The Morgan fingerprint density at radius 2 is 0.546 bits per heavy atom. The number of carbonyl (C=O) groups excluding carboxylic acids is 3. The van der Waals surface area contributed by atoms with Crippen LogP contribution in [0.4, 0.5) is 0 Å². The highest BCUT2D eigenvalue weighted by atomic mass is 31.2. The second-order valence-corrected chi connectivity index (χ2v) is 28.0. The van der Waals surface area contributed by atoms with Crippen LogP contribution in [0.5, 0.6) is 0 Å². The Kier molecular flexibility index (Phi) is 68.8. The molecule has 0 rings (SSSR count). The molecule has 4 N–H and O–H groups in total. The molecule has 558 valence electrons. The van der Waals surface area contributed by atoms with E-state index in [2.05, 4.69) is 142 Å². The normalized spacial score (nSPS) is 14.8. The Morgan fingerprint density at radius 1 is 0.299 bits per heavy atom. The average molecular weight is 1400 g/mol. The van der Waals surface area contributed by atoms with Gasteiger partial charge in [0.05, 0.1) is 26.4 Å². The number of hydrogen-bond acceptors (Lipinski definition) is 14. The highest BCUT2D eigenvalue weighted by Gasteiger charge is 2.29. The van der Waals surface area contributed by atoms with Crippen LogP contribution >= 0.6 is 15.6 Å². The van der Waals surface area contributed by atoms with Gasteiger partial charge in [-0.3, -0.25) is 32.5 Å². The standard InChI is InChI=1S/C79H136O16P2/c1-4-7-10-13-16-19-22-24-26-28-30-31-32-33-34-35-36-37-38-39-40-41-43-45-46-48-51-53-56-59-62-65-77(82)89-68-74(80)69-91-96(85,86)92-70-75(81)71-93-97(87,88)94-73-76(95-79(84)67-64-61-58-55-50-21-18-15-12-9-6-3)72-90-78(83)66-63-60-57-54-52-49-47-44-42-29-27-25-23-20-17-14-11-8-5-2/h7-8,10-11,16-17,19-20,24-27,30-31,33-34,36-37,42,44,74-76,80-81H,4-6,9,12-15,18,21-23,28-29,32,35,38-41,43,45-73H2,1-3H3,(H,85,86)(H,87,88)/b10-7-,11-8-,19-16-,20-17-,26-24-,27-25-,31-30-,34-33-,37-36-,44-42-. The molecule has 0 aliphatic rings. The van der Waals surface area contributed by atoms with Gasteiger partial charge in [-0.15, -0.1) is 0 Å². The third-order valence-corrected chi connectivity index (χ3v) is 17.6. The van der Waals surface area contributed by atoms with E-state index in [0.717, 1.165) is 154 Å². The number of carbonyl (C=O) groups is 3. The lowest BCUT2D eigenvalue weighted by atomic mass is 10.0. The molecule has 5 unspecified atom stereocenters. The molecular weight excluding hydrogens is 1270 g/mol. The van der Waals surface area contributed by atoms with Crippen molar-refractivity contribution in [2.75, 3.05) is 39.6 Å². The van der Waals surface area contributed by atoms with Crippen LogP contribution in [0.3, 0.4) is 0 Å². The molecule has 0 amide bonds. The fourth-order valence-corrected chi connectivity index (χ4v) is 11.6. The summed E-state index contributed by atoms with van der Waals surface area (Å²) in [5.74, 6) is -1.59. The second-order valence-electron chi connectivity index (χ2n) is 25.0. The number of aliphatic hydroxyl groups is 2. The summed E-state index contributed by atoms with van der Waals surface area (Å²) in [6.07, 6.45) is 84.0. The van der Waals surface area contributed by atoms with E-state index in [-0.39, 0.29) is 19.3 Å². The van der Waals surface area contributed by atoms with E-state index in [1.54, 1.807) is 0 Å². The number of allylic oxidation sites excluding steroid dienone is 20. The molecule has 0 saturated heterocycles. The van der Waals surface area contributed by atoms with Crippen LogP contribution < -0.4 is 0 Å². The van der Waals surface area contributed by atoms with Gasteiger partial charge in [0.15, 0.2) is 6.10 Å². The molecule has 16 nitrogen and oxygen atoms in total. The highest BCUT2D eigenvalue weighted by molar-refractivity contribution is 7.47. The molecule has 97 heavy (non-hydrogen) atoms. The van der Waals surface area contributed by atoms with Gasteiger partial charge < -0.3 is 34.2 Å². The Balaban J connectivity index is 4.42. The first-order valence-corrected chi connectivity index (χ1v) is 40.8. The van der Waals surface area contributed by atoms with Crippen molar-refractivity contribution in [1.29, 1.82) is 0 Å². The molecular formula is C79H136O16P2. The number of esters is 3. The van der Waals surface area contributed by atoms with E-state index in [4.69, 9.17) is 32.3 Å². The molecule has 0 heterocycles. The first-order valence-electron chi connectivity index (χ1n) is 37.8. The summed E-state index contributed by atoms with van der Waals surface area (Å²) < 4.78 is 61.0. The van der Waals surface area contributed by atoms with Gasteiger partial charge in [0, 0.05) is 19.3 Å². The van der Waals surface area contributed by atoms with Crippen LogP contribution in [0.15, 0.2) is 122 Å². The van der Waals surface area contributed by atoms with Gasteiger partial charge in [-0.05, 0) is 109 Å². The number of aliphatic hydroxyl groups excluding tert-OH is 2. The van der Waals surface area contributed by atoms with Crippen molar-refractivity contribution in [1.82, 2.24) is 0 Å². The van der Waals surface area contributed by atoms with Crippen LogP contribution in [0.2, 0.25) is 0 Å². The zero-order chi connectivity index (χ0) is 70.9. The average Bonchev–Trinajstić information content (AvgIpc) is 2.81. The molecule has 0 spiro atoms. The van der Waals surface area contributed by atoms with E-state index in [0.29, 0.717) is 19.3 Å². The molecule has 0 fully saturated rings. The molecule has 0 radical (unpaired) electrons. The van der Waals surface area contributed by atoms with Crippen LogP contribution in [0, 0.1) is 0 Å². The zero-order valence-electron chi connectivity index (χ0n) is 60.7. The molecule has 0 aliphatic heterocycles. The zero-order valence-corrected chi connectivity index (χ0v) is 62.5. The van der Waals surface area contributed by atoms with Crippen molar-refractivity contribution in [2.45, 2.75) is 322 Å². The van der Waals surface area contributed by atoms with Crippen LogP contribution in [-0.2, 0) is 55.8 Å². The van der Waals surface area contributed by atoms with E-state index < -0.39 is 91.5 Å². The molecule has 18 heteroatoms. The molecule has 0 aliphatic carbocycles. The smallest absolute Gasteiger partial charge is 0.463 e. The third-order valence-electron chi connectivity index (χ3n) is 15.7. The van der Waals surface area contributed by atoms with Gasteiger partial charge in [-0.25, -0.2) is 9.13 Å². The lowest BCUT2D eigenvalue weighted by Gasteiger charge is -2.21. The lowest BCUT2D eigenvalue weighted by Crippen LogP contribution is -2.30. The van der Waals surface area contributed by atoms with E-state index in [1.807, 2.05) is 0 Å². The van der Waals surface area contributed by atoms with Crippen LogP contribution in [0.1, 0.15) is 303 Å². The number of unbranched alkanes of at least 4 members (excludes halogenated alkanes) is 28. The number of ether oxygens (including phenoxy) is 3. The molecule has 0 aromatic rings. The summed E-state index contributed by atoms with van der Waals surface area (Å²) in [6.45, 7) is 2.43. The summed E-state index contributed by atoms with van der Waals surface area (Å²) in [7, 11) is -9.78. The van der Waals surface area contributed by atoms with Crippen molar-refractivity contribution in [3.63, 3.8) is 0 Å². The van der Waals surface area contributed by atoms with E-state index in [1.165, 1.54) is 89.9 Å². The first-order chi connectivity index (χ1) is 47.2.